The summed E-state index contributed by atoms with van der Waals surface area (Å²) in [7, 11) is 0. The van der Waals surface area contributed by atoms with E-state index in [1.165, 1.54) is 30.6 Å². The molecule has 0 bridgehead atoms. The SMILES string of the molecule is CC(=O)N1CCC(C)C1C(=O)C=[N+]=[N-].CC(=O)N1CCC(C)C1C(=O)O.CC(=O)N1CCC2OCC(=O)C21.O=C1COC2CCNC12.O=C1COC2CC[N-]C12.[CH3-].[U].[V].[W].[Y]. The first kappa shape index (κ1) is 62.3. The van der Waals surface area contributed by atoms with Crippen LogP contribution in [0.2, 0.25) is 0 Å². The maximum absolute atomic E-state index is 11.5. The molecule has 8 aliphatic heterocycles. The standard InChI is InChI=1S/C9H13N3O2.C8H11NO3.C8H13NO3.C6H9NO2.C6H8NO2.CH3.U.V.W.Y/c1-6-3-4-12(7(2)13)9(6)8(14)5-11-10;1-5(10)9-3-2-7-8(9)6(11)4-12-7;1-5-3-4-9(6(2)10)7(5)8(11)12;2*8-4-3-9-5-1-2-7-6(4)5;;;;;/h5-6,9H,3-4H2,1-2H3;7-8H,2-4H2,1H3;5,7H,3-4H2,1-2H3,(H,11,12);5-7H,1-3H2;5-6H,1-3H2;1H3;;;;/q;;;;2*-1;;;;. The summed E-state index contributed by atoms with van der Waals surface area (Å²) in [6.07, 6.45) is 5.51. The third kappa shape index (κ3) is 16.5. The first-order chi connectivity index (χ1) is 26.6. The average Bonchev–Trinajstić information content (AvgIpc) is 3.99. The summed E-state index contributed by atoms with van der Waals surface area (Å²) in [4.78, 5) is 95.6. The molecule has 0 aromatic rings. The number of nitrogens with one attached hydrogen (secondary N) is 1. The smallest absolute Gasteiger partial charge is 0.326 e. The first-order valence-electron chi connectivity index (χ1n) is 19.2. The fraction of sp³-hybridized carbons (Fsp3) is 0.737. The second-order valence-electron chi connectivity index (χ2n) is 15.1. The van der Waals surface area contributed by atoms with E-state index < -0.39 is 18.1 Å². The minimum atomic E-state index is -0.893. The summed E-state index contributed by atoms with van der Waals surface area (Å²) in [5, 5.41) is 16.0. The summed E-state index contributed by atoms with van der Waals surface area (Å²) < 4.78 is 15.5. The van der Waals surface area contributed by atoms with Gasteiger partial charge in [0.25, 0.3) is 5.78 Å². The van der Waals surface area contributed by atoms with E-state index in [0.29, 0.717) is 32.8 Å². The number of hydrogen-bond acceptors (Lipinski definition) is 12. The van der Waals surface area contributed by atoms with Gasteiger partial charge in [-0.15, -0.1) is 6.54 Å². The zero-order valence-electron chi connectivity index (χ0n) is 35.6. The second-order valence-corrected chi connectivity index (χ2v) is 15.1. The Bertz CT molecular complexity index is 1550. The van der Waals surface area contributed by atoms with E-state index >= 15 is 0 Å². The van der Waals surface area contributed by atoms with Crippen LogP contribution in [-0.2, 0) is 125 Å². The molecule has 336 valence electrons. The molecule has 8 rings (SSSR count). The van der Waals surface area contributed by atoms with Crippen LogP contribution in [0.1, 0.15) is 66.7 Å². The van der Waals surface area contributed by atoms with Gasteiger partial charge in [0, 0.05) is 150 Å². The first-order valence-corrected chi connectivity index (χ1v) is 19.2. The molecule has 0 aromatic carbocycles. The fourth-order valence-corrected chi connectivity index (χ4v) is 8.33. The van der Waals surface area contributed by atoms with Crippen molar-refractivity contribution < 1.29 is 166 Å². The Balaban J connectivity index is 0. The summed E-state index contributed by atoms with van der Waals surface area (Å²) in [6, 6.07) is -1.40. The number of carbonyl (C=O) groups is 8. The number of hydrogen-bond donors (Lipinski definition) is 2. The molecule has 0 spiro atoms. The van der Waals surface area contributed by atoms with Gasteiger partial charge in [-0.3, -0.25) is 33.6 Å². The number of fused-ring (bicyclic) bond motifs is 3. The van der Waals surface area contributed by atoms with E-state index in [0.717, 1.165) is 51.4 Å². The number of aliphatic carboxylic acids is 1. The number of ketones is 4. The van der Waals surface area contributed by atoms with Crippen molar-refractivity contribution in [1.29, 1.82) is 0 Å². The number of amides is 3. The predicted octanol–water partition coefficient (Wildman–Crippen LogP) is -0.125. The molecule has 0 aliphatic carbocycles. The number of ether oxygens (including phenoxy) is 3. The van der Waals surface area contributed by atoms with E-state index in [9.17, 15) is 38.4 Å². The molecule has 8 fully saturated rings. The van der Waals surface area contributed by atoms with Crippen LogP contribution in [0.15, 0.2) is 0 Å². The quantitative estimate of drug-likeness (QED) is 0.162. The van der Waals surface area contributed by atoms with Crippen LogP contribution in [-0.4, -0.2) is 179 Å². The number of carboxylic acid groups (broad SMARTS) is 1. The van der Waals surface area contributed by atoms with Crippen molar-refractivity contribution in [3.05, 3.63) is 18.3 Å². The molecule has 8 saturated heterocycles. The molecular formula is C38H57N7O12UVWY-2. The maximum atomic E-state index is 11.5. The van der Waals surface area contributed by atoms with Crippen molar-refractivity contribution >= 4 is 53.0 Å². The van der Waals surface area contributed by atoms with Crippen LogP contribution in [0, 0.1) is 50.4 Å². The van der Waals surface area contributed by atoms with Gasteiger partial charge in [0.1, 0.15) is 43.7 Å². The van der Waals surface area contributed by atoms with Crippen molar-refractivity contribution in [3.63, 3.8) is 0 Å². The molecule has 8 aliphatic rings. The summed E-state index contributed by atoms with van der Waals surface area (Å²) in [6.45, 7) is 12.5. The molecule has 2 N–H and O–H groups in total. The Kier molecular flexibility index (Phi) is 30.3. The van der Waals surface area contributed by atoms with E-state index in [4.69, 9.17) is 24.8 Å². The van der Waals surface area contributed by atoms with E-state index in [-0.39, 0.29) is 207 Å². The van der Waals surface area contributed by atoms with Crippen LogP contribution in [0.3, 0.4) is 0 Å². The van der Waals surface area contributed by atoms with E-state index in [1.807, 2.05) is 13.8 Å². The third-order valence-corrected chi connectivity index (χ3v) is 11.3. The van der Waals surface area contributed by atoms with Crippen LogP contribution in [0.4, 0.5) is 0 Å². The van der Waals surface area contributed by atoms with Crippen LogP contribution in [0.25, 0.3) is 10.8 Å². The molecule has 3 amide bonds. The van der Waals surface area contributed by atoms with Crippen molar-refractivity contribution in [2.75, 3.05) is 52.5 Å². The maximum Gasteiger partial charge on any atom is 0.326 e. The number of carboxylic acids is 1. The van der Waals surface area contributed by atoms with Gasteiger partial charge in [0.05, 0.1) is 18.2 Å². The molecule has 19 nitrogen and oxygen atoms in total. The fourth-order valence-electron chi connectivity index (χ4n) is 8.33. The summed E-state index contributed by atoms with van der Waals surface area (Å²) >= 11 is 0. The largest absolute Gasteiger partial charge is 0.651 e. The number of nitrogens with zero attached hydrogens (tertiary/aromatic N) is 6. The molecule has 0 aromatic heterocycles. The molecule has 2 radical (unpaired) electrons. The Labute approximate surface area is 432 Å². The molecule has 10 unspecified atom stereocenters. The Hall–Kier alpha value is -0.831. The molecule has 0 saturated carbocycles. The van der Waals surface area contributed by atoms with Crippen LogP contribution >= 0.6 is 0 Å². The summed E-state index contributed by atoms with van der Waals surface area (Å²) in [5.41, 5.74) is 8.25. The monoisotopic (exact) mass is 1370 g/mol. The van der Waals surface area contributed by atoms with Gasteiger partial charge in [0.2, 0.25) is 17.7 Å². The van der Waals surface area contributed by atoms with Gasteiger partial charge in [0.15, 0.2) is 11.6 Å². The number of Topliss-reactive ketones (excluding diaryl/α,β-unsaturated/α-hetero) is 4. The third-order valence-electron chi connectivity index (χ3n) is 11.3. The molecular weight excluding hydrogens is 1310 g/mol. The predicted molar refractivity (Wildman–Crippen MR) is 202 cm³/mol. The number of rotatable bonds is 3. The molecule has 8 heterocycles. The number of likely N-dealkylation sites (tertiary alicyclic amines) is 3. The molecule has 61 heavy (non-hydrogen) atoms. The number of carbonyl (C=O) groups excluding carboxylic acids is 7. The van der Waals surface area contributed by atoms with Crippen LogP contribution in [0.5, 0.6) is 0 Å². The van der Waals surface area contributed by atoms with Crippen LogP contribution < -0.4 is 5.32 Å². The van der Waals surface area contributed by atoms with Crippen molar-refractivity contribution in [3.8, 4) is 0 Å². The molecule has 10 atom stereocenters. The normalized spacial score (nSPS) is 30.6. The zero-order valence-corrected chi connectivity index (χ0v) is 46.9. The minimum Gasteiger partial charge on any atom is -0.651 e. The van der Waals surface area contributed by atoms with Crippen molar-refractivity contribution in [2.45, 2.75) is 115 Å². The Morgan fingerprint density at radius 2 is 1.25 bits per heavy atom. The minimum absolute atomic E-state index is 0. The summed E-state index contributed by atoms with van der Waals surface area (Å²) in [5.74, 6) is -0.853. The Morgan fingerprint density at radius 1 is 0.754 bits per heavy atom. The Morgan fingerprint density at radius 3 is 1.75 bits per heavy atom. The van der Waals surface area contributed by atoms with E-state index in [1.54, 1.807) is 4.90 Å². The van der Waals surface area contributed by atoms with Crippen molar-refractivity contribution in [1.82, 2.24) is 20.0 Å². The van der Waals surface area contributed by atoms with Gasteiger partial charge in [-0.1, -0.05) is 13.8 Å². The van der Waals surface area contributed by atoms with Gasteiger partial charge in [-0.05, 0) is 56.5 Å². The van der Waals surface area contributed by atoms with Gasteiger partial charge in [-0.25, -0.2) is 4.79 Å². The topological polar surface area (TPSA) is 257 Å². The van der Waals surface area contributed by atoms with Gasteiger partial charge >= 0.3 is 12.2 Å². The van der Waals surface area contributed by atoms with E-state index in [2.05, 4.69) is 15.4 Å². The zero-order chi connectivity index (χ0) is 41.3. The second kappa shape index (κ2) is 29.7. The average molecular weight is 1370 g/mol. The van der Waals surface area contributed by atoms with Crippen molar-refractivity contribution in [2.24, 2.45) is 11.8 Å². The molecule has 23 heteroatoms. The van der Waals surface area contributed by atoms with Gasteiger partial charge in [-0.2, -0.15) is 4.79 Å². The van der Waals surface area contributed by atoms with Gasteiger partial charge < -0.3 is 57.6 Å².